The van der Waals surface area contributed by atoms with E-state index >= 15 is 0 Å². The van der Waals surface area contributed by atoms with Crippen molar-refractivity contribution in [2.75, 3.05) is 32.7 Å². The summed E-state index contributed by atoms with van der Waals surface area (Å²) in [6.45, 7) is 5.08. The number of aromatic nitrogens is 2. The van der Waals surface area contributed by atoms with Crippen molar-refractivity contribution in [2.24, 2.45) is 7.05 Å². The van der Waals surface area contributed by atoms with Crippen molar-refractivity contribution < 1.29 is 14.7 Å². The number of piperazine rings is 1. The molecule has 0 spiro atoms. The number of carboxylic acid groups (broad SMARTS) is 1. The first-order chi connectivity index (χ1) is 9.47. The third-order valence-electron chi connectivity index (χ3n) is 3.55. The van der Waals surface area contributed by atoms with Gasteiger partial charge in [-0.05, 0) is 6.92 Å². The van der Waals surface area contributed by atoms with Crippen molar-refractivity contribution in [3.8, 4) is 0 Å². The molecule has 1 N–H and O–H groups in total. The zero-order valence-electron chi connectivity index (χ0n) is 11.9. The molecule has 1 aromatic rings. The molecule has 7 heteroatoms. The summed E-state index contributed by atoms with van der Waals surface area (Å²) in [4.78, 5) is 26.8. The Balaban J connectivity index is 1.89. The lowest BCUT2D eigenvalue weighted by Crippen LogP contribution is -2.49. The maximum absolute atomic E-state index is 12.4. The highest BCUT2D eigenvalue weighted by Crippen LogP contribution is 2.11. The fraction of sp³-hybridized carbons (Fsp3) is 0.615. The second-order valence-corrected chi connectivity index (χ2v) is 5.08. The minimum Gasteiger partial charge on any atom is -0.481 e. The molecule has 1 aliphatic rings. The summed E-state index contributed by atoms with van der Waals surface area (Å²) in [6, 6.07) is 0. The van der Waals surface area contributed by atoms with Crippen LogP contribution in [0.3, 0.4) is 0 Å². The van der Waals surface area contributed by atoms with E-state index in [1.807, 2.05) is 6.92 Å². The molecule has 0 radical (unpaired) electrons. The van der Waals surface area contributed by atoms with Gasteiger partial charge in [0.25, 0.3) is 5.91 Å². The van der Waals surface area contributed by atoms with Crippen LogP contribution in [-0.4, -0.2) is 69.3 Å². The maximum atomic E-state index is 12.4. The standard InChI is InChI=1S/C13H20N4O3/c1-10-11(9-15(2)14-10)13(20)17-7-5-16(6-8-17)4-3-12(18)19/h9H,3-8H2,1-2H3,(H,18,19). The quantitative estimate of drug-likeness (QED) is 0.837. The number of nitrogens with zero attached hydrogens (tertiary/aromatic N) is 4. The van der Waals surface area contributed by atoms with E-state index in [1.165, 1.54) is 0 Å². The van der Waals surface area contributed by atoms with Gasteiger partial charge in [0.1, 0.15) is 0 Å². The van der Waals surface area contributed by atoms with Crippen molar-refractivity contribution in [1.29, 1.82) is 0 Å². The van der Waals surface area contributed by atoms with Gasteiger partial charge in [-0.1, -0.05) is 0 Å². The number of amides is 1. The van der Waals surface area contributed by atoms with Crippen molar-refractivity contribution >= 4 is 11.9 Å². The highest BCUT2D eigenvalue weighted by Gasteiger charge is 2.24. The topological polar surface area (TPSA) is 78.7 Å². The van der Waals surface area contributed by atoms with Crippen LogP contribution in [0.25, 0.3) is 0 Å². The molecule has 0 saturated carbocycles. The molecule has 2 heterocycles. The molecular formula is C13H20N4O3. The first kappa shape index (κ1) is 14.5. The van der Waals surface area contributed by atoms with Crippen molar-refractivity contribution in [3.05, 3.63) is 17.5 Å². The molecule has 1 amide bonds. The molecule has 20 heavy (non-hydrogen) atoms. The molecule has 1 fully saturated rings. The van der Waals surface area contributed by atoms with Gasteiger partial charge in [-0.3, -0.25) is 19.2 Å². The van der Waals surface area contributed by atoms with Crippen LogP contribution in [0.5, 0.6) is 0 Å². The van der Waals surface area contributed by atoms with E-state index in [9.17, 15) is 9.59 Å². The zero-order chi connectivity index (χ0) is 14.7. The van der Waals surface area contributed by atoms with E-state index in [4.69, 9.17) is 5.11 Å². The minimum atomic E-state index is -0.783. The van der Waals surface area contributed by atoms with Crippen LogP contribution in [-0.2, 0) is 11.8 Å². The van der Waals surface area contributed by atoms with Crippen molar-refractivity contribution in [2.45, 2.75) is 13.3 Å². The number of aryl methyl sites for hydroxylation is 2. The number of aliphatic carboxylic acids is 1. The molecule has 110 valence electrons. The Kier molecular flexibility index (Phi) is 4.39. The highest BCUT2D eigenvalue weighted by atomic mass is 16.4. The molecule has 1 saturated heterocycles. The molecule has 0 unspecified atom stereocenters. The van der Waals surface area contributed by atoms with Crippen LogP contribution in [0.2, 0.25) is 0 Å². The Morgan fingerprint density at radius 1 is 1.30 bits per heavy atom. The van der Waals surface area contributed by atoms with E-state index in [1.54, 1.807) is 22.8 Å². The van der Waals surface area contributed by atoms with E-state index in [2.05, 4.69) is 10.00 Å². The summed E-state index contributed by atoms with van der Waals surface area (Å²) in [5.74, 6) is -0.775. The van der Waals surface area contributed by atoms with Crippen LogP contribution < -0.4 is 0 Å². The average molecular weight is 280 g/mol. The summed E-state index contributed by atoms with van der Waals surface area (Å²) >= 11 is 0. The minimum absolute atomic E-state index is 0.00786. The highest BCUT2D eigenvalue weighted by molar-refractivity contribution is 5.95. The molecule has 1 aliphatic heterocycles. The van der Waals surface area contributed by atoms with Crippen LogP contribution in [0, 0.1) is 6.92 Å². The Morgan fingerprint density at radius 2 is 1.95 bits per heavy atom. The van der Waals surface area contributed by atoms with E-state index in [0.717, 1.165) is 18.8 Å². The maximum Gasteiger partial charge on any atom is 0.304 e. The van der Waals surface area contributed by atoms with Gasteiger partial charge in [-0.25, -0.2) is 0 Å². The first-order valence-electron chi connectivity index (χ1n) is 6.71. The normalized spacial score (nSPS) is 16.4. The van der Waals surface area contributed by atoms with Crippen LogP contribution in [0.15, 0.2) is 6.20 Å². The molecular weight excluding hydrogens is 260 g/mol. The average Bonchev–Trinajstić information content (AvgIpc) is 2.75. The lowest BCUT2D eigenvalue weighted by Gasteiger charge is -2.34. The number of carbonyl (C=O) groups is 2. The molecule has 1 aromatic heterocycles. The smallest absolute Gasteiger partial charge is 0.304 e. The summed E-state index contributed by atoms with van der Waals surface area (Å²) in [7, 11) is 1.80. The number of hydrogen-bond donors (Lipinski definition) is 1. The Hall–Kier alpha value is -1.89. The third kappa shape index (κ3) is 3.36. The van der Waals surface area contributed by atoms with Crippen LogP contribution in [0.4, 0.5) is 0 Å². The Morgan fingerprint density at radius 3 is 2.45 bits per heavy atom. The number of carbonyl (C=O) groups excluding carboxylic acids is 1. The van der Waals surface area contributed by atoms with Gasteiger partial charge in [0.2, 0.25) is 0 Å². The molecule has 0 aliphatic carbocycles. The predicted octanol–water partition coefficient (Wildman–Crippen LogP) is -0.0390. The van der Waals surface area contributed by atoms with E-state index in [0.29, 0.717) is 25.2 Å². The Labute approximate surface area is 117 Å². The van der Waals surface area contributed by atoms with Crippen molar-refractivity contribution in [3.63, 3.8) is 0 Å². The van der Waals surface area contributed by atoms with Gasteiger partial charge in [-0.15, -0.1) is 0 Å². The molecule has 0 bridgehead atoms. The van der Waals surface area contributed by atoms with Crippen LogP contribution in [0.1, 0.15) is 22.5 Å². The molecule has 7 nitrogen and oxygen atoms in total. The largest absolute Gasteiger partial charge is 0.481 e. The predicted molar refractivity (Wildman–Crippen MR) is 72.5 cm³/mol. The number of hydrogen-bond acceptors (Lipinski definition) is 4. The fourth-order valence-corrected chi connectivity index (χ4v) is 2.41. The first-order valence-corrected chi connectivity index (χ1v) is 6.71. The lowest BCUT2D eigenvalue weighted by molar-refractivity contribution is -0.137. The SMILES string of the molecule is Cc1nn(C)cc1C(=O)N1CCN(CCC(=O)O)CC1. The molecule has 0 aromatic carbocycles. The lowest BCUT2D eigenvalue weighted by atomic mass is 10.2. The van der Waals surface area contributed by atoms with E-state index < -0.39 is 5.97 Å². The summed E-state index contributed by atoms with van der Waals surface area (Å²) < 4.78 is 1.64. The molecule has 0 atom stereocenters. The van der Waals surface area contributed by atoms with Gasteiger partial charge >= 0.3 is 5.97 Å². The van der Waals surface area contributed by atoms with Gasteiger partial charge < -0.3 is 10.0 Å². The fourth-order valence-electron chi connectivity index (χ4n) is 2.41. The molecule has 2 rings (SSSR count). The van der Waals surface area contributed by atoms with Crippen LogP contribution >= 0.6 is 0 Å². The van der Waals surface area contributed by atoms with Gasteiger partial charge in [0, 0.05) is 46.0 Å². The Bertz CT molecular complexity index is 504. The second kappa shape index (κ2) is 6.04. The van der Waals surface area contributed by atoms with Gasteiger partial charge in [-0.2, -0.15) is 5.10 Å². The monoisotopic (exact) mass is 280 g/mol. The van der Waals surface area contributed by atoms with Gasteiger partial charge in [0.05, 0.1) is 17.7 Å². The second-order valence-electron chi connectivity index (χ2n) is 5.08. The number of carboxylic acids is 1. The third-order valence-corrected chi connectivity index (χ3v) is 3.55. The van der Waals surface area contributed by atoms with Gasteiger partial charge in [0.15, 0.2) is 0 Å². The van der Waals surface area contributed by atoms with Crippen molar-refractivity contribution in [1.82, 2.24) is 19.6 Å². The van der Waals surface area contributed by atoms with E-state index in [-0.39, 0.29) is 12.3 Å². The zero-order valence-corrected chi connectivity index (χ0v) is 11.9. The number of rotatable bonds is 4. The summed E-state index contributed by atoms with van der Waals surface area (Å²) in [5.41, 5.74) is 1.39. The summed E-state index contributed by atoms with van der Waals surface area (Å²) in [6.07, 6.45) is 1.89. The summed E-state index contributed by atoms with van der Waals surface area (Å²) in [5, 5.41) is 12.8.